The summed E-state index contributed by atoms with van der Waals surface area (Å²) in [6, 6.07) is 21.0. The molecule has 1 aliphatic heterocycles. The van der Waals surface area contributed by atoms with Gasteiger partial charge in [0.25, 0.3) is 11.7 Å². The van der Waals surface area contributed by atoms with E-state index >= 15 is 0 Å². The Morgan fingerprint density at radius 2 is 1.61 bits per heavy atom. The fraction of sp³-hybridized carbons (Fsp3) is 0.241. The summed E-state index contributed by atoms with van der Waals surface area (Å²) in [6.07, 6.45) is 0.556. The highest BCUT2D eigenvalue weighted by Crippen LogP contribution is 2.42. The Morgan fingerprint density at radius 1 is 0.917 bits per heavy atom. The van der Waals surface area contributed by atoms with E-state index in [1.807, 2.05) is 37.3 Å². The number of carbonyl (C=O) groups excluding carboxylic acids is 2. The van der Waals surface area contributed by atoms with E-state index in [1.54, 1.807) is 42.5 Å². The van der Waals surface area contributed by atoms with Crippen LogP contribution < -0.4 is 14.2 Å². The van der Waals surface area contributed by atoms with Crippen LogP contribution in [0.5, 0.6) is 17.2 Å². The molecule has 1 atom stereocenters. The lowest BCUT2D eigenvalue weighted by Gasteiger charge is -2.26. The van der Waals surface area contributed by atoms with Gasteiger partial charge in [0.1, 0.15) is 11.5 Å². The third kappa shape index (κ3) is 4.91. The molecule has 0 bridgehead atoms. The first-order chi connectivity index (χ1) is 17.5. The molecule has 3 aromatic rings. The number of Topliss-reactive ketones (excluding diaryl/α,β-unsaturated/α-hetero) is 1. The number of aliphatic hydroxyl groups is 1. The topological polar surface area (TPSA) is 85.3 Å². The van der Waals surface area contributed by atoms with Crippen molar-refractivity contribution in [1.29, 1.82) is 0 Å². The van der Waals surface area contributed by atoms with Gasteiger partial charge in [0.2, 0.25) is 0 Å². The van der Waals surface area contributed by atoms with E-state index in [0.29, 0.717) is 47.9 Å². The second-order valence-corrected chi connectivity index (χ2v) is 8.30. The number of nitrogens with zero attached hydrogens (tertiary/aromatic N) is 1. The predicted molar refractivity (Wildman–Crippen MR) is 136 cm³/mol. The summed E-state index contributed by atoms with van der Waals surface area (Å²) < 4.78 is 16.3. The first kappa shape index (κ1) is 24.9. The number of rotatable bonds is 9. The number of benzene rings is 3. The van der Waals surface area contributed by atoms with Crippen LogP contribution in [0, 0.1) is 0 Å². The normalized spacial score (nSPS) is 16.8. The molecule has 0 saturated carbocycles. The largest absolute Gasteiger partial charge is 0.507 e. The van der Waals surface area contributed by atoms with Crippen LogP contribution in [0.2, 0.25) is 0 Å². The Labute approximate surface area is 210 Å². The number of hydrogen-bond donors (Lipinski definition) is 1. The molecule has 1 aliphatic rings. The highest BCUT2D eigenvalue weighted by atomic mass is 16.5. The molecule has 186 valence electrons. The number of methoxy groups -OCH3 is 2. The lowest BCUT2D eigenvalue weighted by Crippen LogP contribution is -2.31. The molecule has 1 heterocycles. The van der Waals surface area contributed by atoms with E-state index in [0.717, 1.165) is 5.56 Å². The summed E-state index contributed by atoms with van der Waals surface area (Å²) in [4.78, 5) is 28.0. The molecule has 7 heteroatoms. The smallest absolute Gasteiger partial charge is 0.295 e. The molecule has 0 spiro atoms. The maximum absolute atomic E-state index is 13.3. The van der Waals surface area contributed by atoms with Crippen molar-refractivity contribution in [2.75, 3.05) is 27.4 Å². The van der Waals surface area contributed by atoms with Gasteiger partial charge in [-0.15, -0.1) is 0 Å². The second-order valence-electron chi connectivity index (χ2n) is 8.30. The minimum atomic E-state index is -0.792. The fourth-order valence-electron chi connectivity index (χ4n) is 4.41. The average molecular weight is 488 g/mol. The van der Waals surface area contributed by atoms with Crippen LogP contribution >= 0.6 is 0 Å². The van der Waals surface area contributed by atoms with E-state index in [1.165, 1.54) is 19.1 Å². The Bertz CT molecular complexity index is 1270. The Balaban J connectivity index is 1.80. The minimum absolute atomic E-state index is 0.0319. The van der Waals surface area contributed by atoms with Gasteiger partial charge in [0.05, 0.1) is 32.4 Å². The SMILES string of the molecule is CCOc1ccc(/C(O)=C2\C(=O)C(=O)N(CCc3ccccc3)C2c2ccc(OC)c(OC)c2)cc1. The molecule has 0 aromatic heterocycles. The highest BCUT2D eigenvalue weighted by Gasteiger charge is 2.46. The van der Waals surface area contributed by atoms with E-state index in [-0.39, 0.29) is 11.3 Å². The van der Waals surface area contributed by atoms with Crippen LogP contribution in [0.25, 0.3) is 5.76 Å². The maximum Gasteiger partial charge on any atom is 0.295 e. The van der Waals surface area contributed by atoms with Gasteiger partial charge in [-0.05, 0) is 60.9 Å². The first-order valence-electron chi connectivity index (χ1n) is 11.8. The van der Waals surface area contributed by atoms with Gasteiger partial charge < -0.3 is 24.2 Å². The molecular weight excluding hydrogens is 458 g/mol. The third-order valence-corrected chi connectivity index (χ3v) is 6.19. The van der Waals surface area contributed by atoms with Crippen molar-refractivity contribution in [2.24, 2.45) is 0 Å². The summed E-state index contributed by atoms with van der Waals surface area (Å²) in [7, 11) is 3.06. The highest BCUT2D eigenvalue weighted by molar-refractivity contribution is 6.46. The van der Waals surface area contributed by atoms with E-state index in [4.69, 9.17) is 14.2 Å². The molecule has 4 rings (SSSR count). The van der Waals surface area contributed by atoms with Crippen molar-refractivity contribution in [3.63, 3.8) is 0 Å². The van der Waals surface area contributed by atoms with E-state index in [9.17, 15) is 14.7 Å². The molecule has 0 aliphatic carbocycles. The monoisotopic (exact) mass is 487 g/mol. The zero-order valence-corrected chi connectivity index (χ0v) is 20.6. The number of carbonyl (C=O) groups is 2. The Kier molecular flexibility index (Phi) is 7.59. The number of amides is 1. The molecule has 1 fully saturated rings. The van der Waals surface area contributed by atoms with Crippen molar-refractivity contribution < 1.29 is 28.9 Å². The molecule has 1 saturated heterocycles. The van der Waals surface area contributed by atoms with Crippen molar-refractivity contribution in [2.45, 2.75) is 19.4 Å². The summed E-state index contributed by atoms with van der Waals surface area (Å²) >= 11 is 0. The molecule has 1 N–H and O–H groups in total. The second kappa shape index (κ2) is 11.0. The first-order valence-corrected chi connectivity index (χ1v) is 11.8. The zero-order valence-electron chi connectivity index (χ0n) is 20.6. The van der Waals surface area contributed by atoms with Crippen molar-refractivity contribution in [3.05, 3.63) is 95.1 Å². The van der Waals surface area contributed by atoms with Crippen molar-refractivity contribution in [1.82, 2.24) is 4.90 Å². The lowest BCUT2D eigenvalue weighted by atomic mass is 9.94. The maximum atomic E-state index is 13.3. The standard InChI is InChI=1S/C29H29NO6/c1-4-36-22-13-10-20(11-14-22)27(31)25-26(21-12-15-23(34-2)24(18-21)35-3)30(29(33)28(25)32)17-16-19-8-6-5-7-9-19/h5-15,18,26,31H,4,16-17H2,1-3H3/b27-25+. The van der Waals surface area contributed by atoms with E-state index in [2.05, 4.69) is 0 Å². The molecule has 3 aromatic carbocycles. The van der Waals surface area contributed by atoms with Gasteiger partial charge in [0, 0.05) is 12.1 Å². The van der Waals surface area contributed by atoms with Crippen LogP contribution in [0.4, 0.5) is 0 Å². The van der Waals surface area contributed by atoms with Gasteiger partial charge in [-0.2, -0.15) is 0 Å². The number of aliphatic hydroxyl groups excluding tert-OH is 1. The molecule has 1 unspecified atom stereocenters. The zero-order chi connectivity index (χ0) is 25.7. The minimum Gasteiger partial charge on any atom is -0.507 e. The summed E-state index contributed by atoms with van der Waals surface area (Å²) in [6.45, 7) is 2.69. The number of ether oxygens (including phenoxy) is 3. The van der Waals surface area contributed by atoms with Gasteiger partial charge >= 0.3 is 0 Å². The third-order valence-electron chi connectivity index (χ3n) is 6.19. The van der Waals surface area contributed by atoms with Crippen molar-refractivity contribution in [3.8, 4) is 17.2 Å². The Morgan fingerprint density at radius 3 is 2.25 bits per heavy atom. The lowest BCUT2D eigenvalue weighted by molar-refractivity contribution is -0.139. The number of ketones is 1. The van der Waals surface area contributed by atoms with Gasteiger partial charge in [0.15, 0.2) is 11.5 Å². The Hall–Kier alpha value is -4.26. The molecule has 7 nitrogen and oxygen atoms in total. The van der Waals surface area contributed by atoms with Gasteiger partial charge in [-0.3, -0.25) is 9.59 Å². The fourth-order valence-corrected chi connectivity index (χ4v) is 4.41. The predicted octanol–water partition coefficient (Wildman–Crippen LogP) is 4.77. The van der Waals surface area contributed by atoms with E-state index < -0.39 is 17.7 Å². The quantitative estimate of drug-likeness (QED) is 0.266. The van der Waals surface area contributed by atoms with Crippen LogP contribution in [0.3, 0.4) is 0 Å². The van der Waals surface area contributed by atoms with Gasteiger partial charge in [-0.1, -0.05) is 36.4 Å². The average Bonchev–Trinajstić information content (AvgIpc) is 3.17. The van der Waals surface area contributed by atoms with Gasteiger partial charge in [-0.25, -0.2) is 0 Å². The van der Waals surface area contributed by atoms with Crippen LogP contribution in [0.15, 0.2) is 78.4 Å². The summed E-state index contributed by atoms with van der Waals surface area (Å²) in [5.74, 6) is 0.0124. The number of likely N-dealkylation sites (tertiary alicyclic amines) is 1. The summed E-state index contributed by atoms with van der Waals surface area (Å²) in [5.41, 5.74) is 2.12. The summed E-state index contributed by atoms with van der Waals surface area (Å²) in [5, 5.41) is 11.3. The van der Waals surface area contributed by atoms with Crippen LogP contribution in [-0.4, -0.2) is 49.1 Å². The molecule has 1 amide bonds. The number of hydrogen-bond acceptors (Lipinski definition) is 6. The molecule has 36 heavy (non-hydrogen) atoms. The van der Waals surface area contributed by atoms with Crippen LogP contribution in [-0.2, 0) is 16.0 Å². The molecular formula is C29H29NO6. The van der Waals surface area contributed by atoms with Crippen LogP contribution in [0.1, 0.15) is 29.7 Å². The van der Waals surface area contributed by atoms with Crippen molar-refractivity contribution >= 4 is 17.4 Å². The molecule has 0 radical (unpaired) electrons.